The molecule has 90 valence electrons. The molecule has 2 atom stereocenters. The van der Waals surface area contributed by atoms with E-state index in [0.29, 0.717) is 16.4 Å². The summed E-state index contributed by atoms with van der Waals surface area (Å²) in [6.07, 6.45) is 4.44. The molecule has 0 aliphatic carbocycles. The number of hydrogen-bond acceptors (Lipinski definition) is 4. The molecule has 1 aliphatic heterocycles. The average Bonchev–Trinajstić information content (AvgIpc) is 2.64. The maximum Gasteiger partial charge on any atom is 0.183 e. The van der Waals surface area contributed by atoms with Crippen LogP contribution in [0.3, 0.4) is 0 Å². The highest BCUT2D eigenvalue weighted by Crippen LogP contribution is 2.26. The molecule has 2 heterocycles. The van der Waals surface area contributed by atoms with E-state index in [-0.39, 0.29) is 0 Å². The molecule has 2 unspecified atom stereocenters. The summed E-state index contributed by atoms with van der Waals surface area (Å²) in [6.45, 7) is 5.12. The Morgan fingerprint density at radius 3 is 3.12 bits per heavy atom. The van der Waals surface area contributed by atoms with Crippen molar-refractivity contribution in [2.75, 3.05) is 13.1 Å². The molecule has 0 saturated carbocycles. The van der Waals surface area contributed by atoms with E-state index in [1.54, 1.807) is 11.3 Å². The zero-order valence-electron chi connectivity index (χ0n) is 9.53. The number of thiazole rings is 1. The fourth-order valence-corrected chi connectivity index (χ4v) is 3.47. The second kappa shape index (κ2) is 5.45. The molecule has 5 heteroatoms. The molecule has 2 rings (SSSR count). The van der Waals surface area contributed by atoms with Crippen LogP contribution in [0.2, 0.25) is 4.47 Å². The van der Waals surface area contributed by atoms with Crippen LogP contribution in [0.5, 0.6) is 0 Å². The van der Waals surface area contributed by atoms with Gasteiger partial charge in [-0.3, -0.25) is 4.90 Å². The van der Waals surface area contributed by atoms with Gasteiger partial charge in [-0.1, -0.05) is 18.5 Å². The first-order chi connectivity index (χ1) is 7.70. The molecule has 0 spiro atoms. The van der Waals surface area contributed by atoms with Crippen molar-refractivity contribution in [3.8, 4) is 0 Å². The van der Waals surface area contributed by atoms with E-state index in [1.807, 2.05) is 6.20 Å². The number of halogens is 1. The van der Waals surface area contributed by atoms with Gasteiger partial charge in [0, 0.05) is 30.2 Å². The monoisotopic (exact) mass is 259 g/mol. The number of likely N-dealkylation sites (tertiary alicyclic amines) is 1. The molecule has 0 aromatic carbocycles. The number of hydrogen-bond donors (Lipinski definition) is 1. The zero-order chi connectivity index (χ0) is 11.5. The summed E-state index contributed by atoms with van der Waals surface area (Å²) in [7, 11) is 0. The van der Waals surface area contributed by atoms with E-state index in [2.05, 4.69) is 16.8 Å². The quantitative estimate of drug-likeness (QED) is 0.906. The molecular formula is C11H18ClN3S. The van der Waals surface area contributed by atoms with Crippen molar-refractivity contribution in [3.05, 3.63) is 15.5 Å². The maximum atomic E-state index is 5.86. The largest absolute Gasteiger partial charge is 0.329 e. The smallest absolute Gasteiger partial charge is 0.183 e. The summed E-state index contributed by atoms with van der Waals surface area (Å²) in [6, 6.07) is 0.509. The predicted molar refractivity (Wildman–Crippen MR) is 68.8 cm³/mol. The van der Waals surface area contributed by atoms with Crippen LogP contribution in [0.4, 0.5) is 0 Å². The fourth-order valence-electron chi connectivity index (χ4n) is 2.47. The second-order valence-electron chi connectivity index (χ2n) is 4.47. The number of rotatable bonds is 3. The van der Waals surface area contributed by atoms with E-state index in [1.165, 1.54) is 17.7 Å². The van der Waals surface area contributed by atoms with Crippen LogP contribution in [0.1, 0.15) is 24.6 Å². The molecule has 16 heavy (non-hydrogen) atoms. The van der Waals surface area contributed by atoms with Crippen LogP contribution in [-0.4, -0.2) is 29.0 Å². The second-order valence-corrected chi connectivity index (χ2v) is 6.17. The molecule has 1 saturated heterocycles. The summed E-state index contributed by atoms with van der Waals surface area (Å²) < 4.78 is 0.629. The lowest BCUT2D eigenvalue weighted by atomic mass is 9.91. The molecule has 1 aromatic heterocycles. The van der Waals surface area contributed by atoms with Crippen molar-refractivity contribution in [1.82, 2.24) is 9.88 Å². The Morgan fingerprint density at radius 1 is 1.69 bits per heavy atom. The van der Waals surface area contributed by atoms with E-state index in [9.17, 15) is 0 Å². The van der Waals surface area contributed by atoms with Crippen LogP contribution in [-0.2, 0) is 6.54 Å². The normalized spacial score (nSPS) is 27.2. The highest BCUT2D eigenvalue weighted by Gasteiger charge is 2.27. The van der Waals surface area contributed by atoms with Gasteiger partial charge < -0.3 is 5.73 Å². The number of nitrogens with zero attached hydrogens (tertiary/aromatic N) is 2. The number of piperidine rings is 1. The summed E-state index contributed by atoms with van der Waals surface area (Å²) in [5, 5.41) is 0. The Bertz CT molecular complexity index is 342. The molecule has 1 aliphatic rings. The van der Waals surface area contributed by atoms with E-state index in [0.717, 1.165) is 19.6 Å². The van der Waals surface area contributed by atoms with Gasteiger partial charge in [0.05, 0.1) is 0 Å². The summed E-state index contributed by atoms with van der Waals surface area (Å²) in [5.74, 6) is 0.696. The summed E-state index contributed by atoms with van der Waals surface area (Å²) in [4.78, 5) is 7.78. The van der Waals surface area contributed by atoms with Gasteiger partial charge in [-0.25, -0.2) is 4.98 Å². The molecule has 0 bridgehead atoms. The fraction of sp³-hybridized carbons (Fsp3) is 0.727. The van der Waals surface area contributed by atoms with Crippen molar-refractivity contribution in [3.63, 3.8) is 0 Å². The SMILES string of the molecule is CC1CCCN(Cc2cnc(Cl)s2)C1CN. The Kier molecular flexibility index (Phi) is 4.19. The minimum Gasteiger partial charge on any atom is -0.329 e. The molecule has 0 radical (unpaired) electrons. The third-order valence-electron chi connectivity index (χ3n) is 3.36. The Balaban J connectivity index is 2.02. The molecule has 3 nitrogen and oxygen atoms in total. The molecule has 2 N–H and O–H groups in total. The highest BCUT2D eigenvalue weighted by atomic mass is 35.5. The van der Waals surface area contributed by atoms with Crippen molar-refractivity contribution in [1.29, 1.82) is 0 Å². The van der Waals surface area contributed by atoms with Gasteiger partial charge in [-0.05, 0) is 25.3 Å². The zero-order valence-corrected chi connectivity index (χ0v) is 11.1. The van der Waals surface area contributed by atoms with Crippen molar-refractivity contribution in [2.45, 2.75) is 32.4 Å². The number of aromatic nitrogens is 1. The van der Waals surface area contributed by atoms with E-state index in [4.69, 9.17) is 17.3 Å². The van der Waals surface area contributed by atoms with Crippen LogP contribution in [0, 0.1) is 5.92 Å². The minimum absolute atomic E-state index is 0.509. The third kappa shape index (κ3) is 2.74. The summed E-state index contributed by atoms with van der Waals surface area (Å²) >= 11 is 7.41. The Morgan fingerprint density at radius 2 is 2.50 bits per heavy atom. The lowest BCUT2D eigenvalue weighted by molar-refractivity contribution is 0.100. The van der Waals surface area contributed by atoms with Crippen LogP contribution in [0.25, 0.3) is 0 Å². The Labute approximate surface area is 106 Å². The van der Waals surface area contributed by atoms with Gasteiger partial charge >= 0.3 is 0 Å². The highest BCUT2D eigenvalue weighted by molar-refractivity contribution is 7.15. The van der Waals surface area contributed by atoms with Crippen molar-refractivity contribution >= 4 is 22.9 Å². The first-order valence-corrected chi connectivity index (χ1v) is 6.94. The standard InChI is InChI=1S/C11H18ClN3S/c1-8-3-2-4-15(10(8)5-13)7-9-6-14-11(12)16-9/h6,8,10H,2-5,7,13H2,1H3. The lowest BCUT2D eigenvalue weighted by Gasteiger charge is -2.39. The van der Waals surface area contributed by atoms with Gasteiger partial charge in [0.15, 0.2) is 4.47 Å². The third-order valence-corrected chi connectivity index (χ3v) is 4.46. The van der Waals surface area contributed by atoms with Gasteiger partial charge in [0.25, 0.3) is 0 Å². The predicted octanol–water partition coefficient (Wildman–Crippen LogP) is 2.36. The summed E-state index contributed by atoms with van der Waals surface area (Å²) in [5.41, 5.74) is 5.86. The Hall–Kier alpha value is -0.160. The topological polar surface area (TPSA) is 42.2 Å². The van der Waals surface area contributed by atoms with Gasteiger partial charge in [0.2, 0.25) is 0 Å². The average molecular weight is 260 g/mol. The van der Waals surface area contributed by atoms with Crippen molar-refractivity contribution in [2.24, 2.45) is 11.7 Å². The van der Waals surface area contributed by atoms with Crippen LogP contribution in [0.15, 0.2) is 6.20 Å². The molecule has 0 amide bonds. The first-order valence-electron chi connectivity index (χ1n) is 5.75. The number of nitrogens with two attached hydrogens (primary N) is 1. The molecule has 1 fully saturated rings. The minimum atomic E-state index is 0.509. The van der Waals surface area contributed by atoms with Gasteiger partial charge in [-0.2, -0.15) is 0 Å². The van der Waals surface area contributed by atoms with Crippen LogP contribution < -0.4 is 5.73 Å². The maximum absolute atomic E-state index is 5.86. The van der Waals surface area contributed by atoms with Gasteiger partial charge in [-0.15, -0.1) is 11.3 Å². The molecule has 1 aromatic rings. The lowest BCUT2D eigenvalue weighted by Crippen LogP contribution is -2.47. The first kappa shape index (κ1) is 12.3. The van der Waals surface area contributed by atoms with E-state index >= 15 is 0 Å². The van der Waals surface area contributed by atoms with E-state index < -0.39 is 0 Å². The molecular weight excluding hydrogens is 242 g/mol. The van der Waals surface area contributed by atoms with Crippen molar-refractivity contribution < 1.29 is 0 Å². The van der Waals surface area contributed by atoms with Crippen LogP contribution >= 0.6 is 22.9 Å². The van der Waals surface area contributed by atoms with Gasteiger partial charge in [0.1, 0.15) is 0 Å².